The highest BCUT2D eigenvalue weighted by Crippen LogP contribution is 2.34. The molecule has 2 heterocycles. The van der Waals surface area contributed by atoms with Gasteiger partial charge in [0.1, 0.15) is 11.4 Å². The number of aromatic nitrogens is 1. The van der Waals surface area contributed by atoms with E-state index in [1.165, 1.54) is 7.11 Å². The van der Waals surface area contributed by atoms with Crippen LogP contribution in [-0.2, 0) is 20.8 Å². The average molecular weight is 539 g/mol. The van der Waals surface area contributed by atoms with E-state index >= 15 is 0 Å². The van der Waals surface area contributed by atoms with E-state index in [0.717, 1.165) is 66.9 Å². The van der Waals surface area contributed by atoms with Crippen LogP contribution in [0.15, 0.2) is 48.7 Å². The average Bonchev–Trinajstić information content (AvgIpc) is 3.37. The molecule has 0 radical (unpaired) electrons. The number of rotatable bonds is 6. The molecule has 0 unspecified atom stereocenters. The van der Waals surface area contributed by atoms with Crippen molar-refractivity contribution < 1.29 is 28.5 Å². The zero-order valence-corrected chi connectivity index (χ0v) is 24.3. The van der Waals surface area contributed by atoms with Gasteiger partial charge in [0.05, 0.1) is 31.4 Å². The molecule has 0 N–H and O–H groups in total. The molecule has 0 aliphatic carbocycles. The predicted molar refractivity (Wildman–Crippen MR) is 153 cm³/mol. The molecule has 8 nitrogen and oxygen atoms in total. The zero-order valence-electron chi connectivity index (χ0n) is 24.3. The third-order valence-electron chi connectivity index (χ3n) is 6.55. The number of hydrogen-bond donors (Lipinski definition) is 0. The van der Waals surface area contributed by atoms with E-state index < -0.39 is 5.60 Å². The molecule has 0 amide bonds. The molecule has 4 rings (SSSR count). The lowest BCUT2D eigenvalue weighted by atomic mass is 10.0. The number of fused-ring (bicyclic) bond motifs is 1. The first-order chi connectivity index (χ1) is 18.6. The number of likely N-dealkylation sites (tertiary alicyclic amines) is 1. The Kier molecular flexibility index (Phi) is 10.5. The smallest absolute Gasteiger partial charge is 0.419 e. The molecule has 1 fully saturated rings. The first-order valence-electron chi connectivity index (χ1n) is 13.5. The second kappa shape index (κ2) is 13.6. The molecular formula is C31H42N2O6. The third-order valence-corrected chi connectivity index (χ3v) is 6.55. The summed E-state index contributed by atoms with van der Waals surface area (Å²) in [4.78, 5) is 26.0. The topological polar surface area (TPSA) is 79.2 Å². The summed E-state index contributed by atoms with van der Waals surface area (Å²) in [6, 6.07) is 12.9. The lowest BCUT2D eigenvalue weighted by molar-refractivity contribution is 0.0125. The standard InChI is InChI=1S/C23H34N2O4.C8H8O2/c1-7-28-17-8-11-24(12-9-17)15-19-18-10-13-25(22(26)29-23(3,4)5)21(18)16(2)14-20(19)27-6;1-10-8(9)7-5-3-2-4-6-7/h10,13-14,17H,7-9,11-12,15H2,1-6H3;2-6H,1H3. The van der Waals surface area contributed by atoms with Crippen LogP contribution in [0.2, 0.25) is 0 Å². The third kappa shape index (κ3) is 8.07. The van der Waals surface area contributed by atoms with Crippen molar-refractivity contribution in [3.8, 4) is 5.75 Å². The van der Waals surface area contributed by atoms with E-state index in [0.29, 0.717) is 11.7 Å². The van der Waals surface area contributed by atoms with Gasteiger partial charge in [-0.05, 0) is 77.3 Å². The first-order valence-corrected chi connectivity index (χ1v) is 13.5. The summed E-state index contributed by atoms with van der Waals surface area (Å²) < 4.78 is 23.2. The number of ether oxygens (including phenoxy) is 4. The molecule has 3 aromatic rings. The summed E-state index contributed by atoms with van der Waals surface area (Å²) in [5.41, 5.74) is 3.04. The summed E-state index contributed by atoms with van der Waals surface area (Å²) in [6.45, 7) is 13.2. The van der Waals surface area contributed by atoms with Crippen molar-refractivity contribution in [3.63, 3.8) is 0 Å². The summed E-state index contributed by atoms with van der Waals surface area (Å²) in [5.74, 6) is 0.574. The number of aryl methyl sites for hydroxylation is 1. The fourth-order valence-electron chi connectivity index (χ4n) is 4.76. The Balaban J connectivity index is 0.000000353. The van der Waals surface area contributed by atoms with Crippen LogP contribution in [0.25, 0.3) is 10.9 Å². The number of esters is 1. The minimum Gasteiger partial charge on any atom is -0.496 e. The molecule has 1 saturated heterocycles. The SMILES string of the molecule is CCOC1CCN(Cc2c(OC)cc(C)c3c2ccn3C(=O)OC(C)(C)C)CC1.COC(=O)c1ccccc1. The zero-order chi connectivity index (χ0) is 28.6. The second-order valence-corrected chi connectivity index (χ2v) is 10.6. The van der Waals surface area contributed by atoms with Crippen molar-refractivity contribution in [2.75, 3.05) is 33.9 Å². The fourth-order valence-corrected chi connectivity index (χ4v) is 4.76. The van der Waals surface area contributed by atoms with Gasteiger partial charge < -0.3 is 18.9 Å². The summed E-state index contributed by atoms with van der Waals surface area (Å²) in [7, 11) is 3.08. The number of carbonyl (C=O) groups excluding carboxylic acids is 2. The number of methoxy groups -OCH3 is 2. The molecule has 0 bridgehead atoms. The van der Waals surface area contributed by atoms with Crippen molar-refractivity contribution >= 4 is 23.0 Å². The first kappa shape index (κ1) is 30.2. The van der Waals surface area contributed by atoms with Gasteiger partial charge in [-0.15, -0.1) is 0 Å². The largest absolute Gasteiger partial charge is 0.496 e. The van der Waals surface area contributed by atoms with Crippen LogP contribution < -0.4 is 4.74 Å². The van der Waals surface area contributed by atoms with Crippen molar-refractivity contribution in [1.29, 1.82) is 0 Å². The number of benzene rings is 2. The van der Waals surface area contributed by atoms with E-state index in [1.54, 1.807) is 42.1 Å². The predicted octanol–water partition coefficient (Wildman–Crippen LogP) is 6.22. The molecule has 0 saturated carbocycles. The molecule has 212 valence electrons. The molecule has 0 spiro atoms. The van der Waals surface area contributed by atoms with Crippen molar-refractivity contribution in [1.82, 2.24) is 9.47 Å². The normalized spacial score (nSPS) is 14.4. The molecule has 0 atom stereocenters. The Labute approximate surface area is 231 Å². The van der Waals surface area contributed by atoms with Crippen LogP contribution in [0, 0.1) is 6.92 Å². The fraction of sp³-hybridized carbons (Fsp3) is 0.484. The highest BCUT2D eigenvalue weighted by Gasteiger charge is 2.25. The van der Waals surface area contributed by atoms with Gasteiger partial charge in [0.2, 0.25) is 0 Å². The Bertz CT molecular complexity index is 1240. The van der Waals surface area contributed by atoms with Crippen molar-refractivity contribution in [2.45, 2.75) is 65.7 Å². The van der Waals surface area contributed by atoms with Gasteiger partial charge in [0.25, 0.3) is 0 Å². The maximum Gasteiger partial charge on any atom is 0.419 e. The second-order valence-electron chi connectivity index (χ2n) is 10.6. The molecule has 39 heavy (non-hydrogen) atoms. The van der Waals surface area contributed by atoms with E-state index in [9.17, 15) is 9.59 Å². The minimum absolute atomic E-state index is 0.291. The quantitative estimate of drug-likeness (QED) is 0.345. The number of nitrogens with zero attached hydrogens (tertiary/aromatic N) is 2. The molecule has 1 aliphatic heterocycles. The van der Waals surface area contributed by atoms with Crippen LogP contribution in [0.5, 0.6) is 5.75 Å². The lowest BCUT2D eigenvalue weighted by Crippen LogP contribution is -2.36. The van der Waals surface area contributed by atoms with E-state index in [4.69, 9.17) is 14.2 Å². The van der Waals surface area contributed by atoms with Gasteiger partial charge in [-0.25, -0.2) is 9.59 Å². The van der Waals surface area contributed by atoms with Crippen LogP contribution in [0.3, 0.4) is 0 Å². The maximum absolute atomic E-state index is 12.7. The Morgan fingerprint density at radius 3 is 2.26 bits per heavy atom. The molecule has 1 aromatic heterocycles. The van der Waals surface area contributed by atoms with Crippen LogP contribution in [-0.4, -0.2) is 67.2 Å². The van der Waals surface area contributed by atoms with Gasteiger partial charge in [-0.2, -0.15) is 0 Å². The maximum atomic E-state index is 12.7. The van der Waals surface area contributed by atoms with Crippen LogP contribution in [0.1, 0.15) is 62.0 Å². The number of piperidine rings is 1. The van der Waals surface area contributed by atoms with Gasteiger partial charge >= 0.3 is 12.1 Å². The van der Waals surface area contributed by atoms with E-state index in [-0.39, 0.29) is 12.1 Å². The molecule has 2 aromatic carbocycles. The lowest BCUT2D eigenvalue weighted by Gasteiger charge is -2.32. The van der Waals surface area contributed by atoms with Gasteiger partial charge in [0.15, 0.2) is 0 Å². The highest BCUT2D eigenvalue weighted by molar-refractivity contribution is 5.95. The van der Waals surface area contributed by atoms with Crippen LogP contribution in [0.4, 0.5) is 4.79 Å². The van der Waals surface area contributed by atoms with Gasteiger partial charge in [-0.3, -0.25) is 9.47 Å². The summed E-state index contributed by atoms with van der Waals surface area (Å²) in [6.07, 6.45) is 3.90. The van der Waals surface area contributed by atoms with E-state index in [2.05, 4.69) is 16.6 Å². The van der Waals surface area contributed by atoms with Crippen molar-refractivity contribution in [3.05, 3.63) is 65.4 Å². The molecule has 8 heteroatoms. The Morgan fingerprint density at radius 2 is 1.69 bits per heavy atom. The highest BCUT2D eigenvalue weighted by atomic mass is 16.6. The molecular weight excluding hydrogens is 496 g/mol. The monoisotopic (exact) mass is 538 g/mol. The number of carbonyl (C=O) groups is 2. The minimum atomic E-state index is -0.540. The summed E-state index contributed by atoms with van der Waals surface area (Å²) in [5, 5.41) is 1.04. The van der Waals surface area contributed by atoms with Gasteiger partial charge in [-0.1, -0.05) is 18.2 Å². The van der Waals surface area contributed by atoms with E-state index in [1.807, 2.05) is 45.9 Å². The van der Waals surface area contributed by atoms with Crippen LogP contribution >= 0.6 is 0 Å². The number of hydrogen-bond acceptors (Lipinski definition) is 7. The Morgan fingerprint density at radius 1 is 1.03 bits per heavy atom. The van der Waals surface area contributed by atoms with Gasteiger partial charge in [0, 0.05) is 43.4 Å². The molecule has 1 aliphatic rings. The summed E-state index contributed by atoms with van der Waals surface area (Å²) >= 11 is 0. The Hall–Kier alpha value is -3.36. The van der Waals surface area contributed by atoms with Crippen molar-refractivity contribution in [2.24, 2.45) is 0 Å².